The van der Waals surface area contributed by atoms with Gasteiger partial charge in [0.25, 0.3) is 0 Å². The average molecular weight is 118 g/mol. The van der Waals surface area contributed by atoms with Gasteiger partial charge in [-0.15, -0.1) is 11.8 Å². The Labute approximate surface area is 45.8 Å². The van der Waals surface area contributed by atoms with E-state index in [1.165, 1.54) is 0 Å². The Morgan fingerprint density at radius 1 is 1.86 bits per heavy atom. The number of thioether (sulfide) groups is 1. The molecule has 0 aliphatic carbocycles. The maximum Gasteiger partial charge on any atom is 0.152 e. The normalized spacial score (nSPS) is 25.4. The smallest absolute Gasteiger partial charge is 0.152 e. The van der Waals surface area contributed by atoms with Crippen molar-refractivity contribution in [2.45, 2.75) is 0 Å². The van der Waals surface area contributed by atoms with Crippen molar-refractivity contribution >= 4 is 17.6 Å². The molecule has 1 fully saturated rings. The fraction of sp³-hybridized carbons (Fsp3) is 0.667. The quantitative estimate of drug-likeness (QED) is 0.349. The third kappa shape index (κ3) is 0.991. The summed E-state index contributed by atoms with van der Waals surface area (Å²) in [5.41, 5.74) is 0. The first-order valence-corrected chi connectivity index (χ1v) is 3.11. The van der Waals surface area contributed by atoms with Crippen LogP contribution in [0, 0.1) is 0 Å². The molecule has 40 valence electrons. The number of nitrogens with zero attached hydrogens (tertiary/aromatic N) is 1. The standard InChI is InChI=1S/C3H6N2OS/c6-5-3-1-7-2-4-3/h6H,1-2H2,(H,4,5). The first-order chi connectivity index (χ1) is 3.43. The lowest BCUT2D eigenvalue weighted by Crippen LogP contribution is -2.15. The van der Waals surface area contributed by atoms with E-state index in [1.807, 2.05) is 0 Å². The van der Waals surface area contributed by atoms with Gasteiger partial charge in [-0.25, -0.2) is 0 Å². The molecule has 0 aromatic carbocycles. The van der Waals surface area contributed by atoms with Gasteiger partial charge in [-0.2, -0.15) is 0 Å². The molecule has 0 unspecified atom stereocenters. The Hall–Kier alpha value is -0.380. The minimum atomic E-state index is 0.685. The lowest BCUT2D eigenvalue weighted by atomic mass is 10.7. The largest absolute Gasteiger partial charge is 0.409 e. The summed E-state index contributed by atoms with van der Waals surface area (Å²) in [5, 5.41) is 13.9. The first-order valence-electron chi connectivity index (χ1n) is 1.96. The van der Waals surface area contributed by atoms with E-state index < -0.39 is 0 Å². The Morgan fingerprint density at radius 2 is 2.71 bits per heavy atom. The maximum absolute atomic E-state index is 8.08. The molecule has 0 amide bonds. The van der Waals surface area contributed by atoms with E-state index in [4.69, 9.17) is 5.21 Å². The van der Waals surface area contributed by atoms with Crippen molar-refractivity contribution in [2.24, 2.45) is 5.16 Å². The van der Waals surface area contributed by atoms with Crippen molar-refractivity contribution in [1.82, 2.24) is 5.32 Å². The van der Waals surface area contributed by atoms with Gasteiger partial charge in [0.15, 0.2) is 5.84 Å². The second-order valence-corrected chi connectivity index (χ2v) is 2.20. The van der Waals surface area contributed by atoms with Crippen LogP contribution < -0.4 is 5.32 Å². The highest BCUT2D eigenvalue weighted by Gasteiger charge is 2.05. The van der Waals surface area contributed by atoms with Crippen LogP contribution in [0.4, 0.5) is 0 Å². The molecule has 1 saturated heterocycles. The van der Waals surface area contributed by atoms with Crippen LogP contribution in [0.5, 0.6) is 0 Å². The van der Waals surface area contributed by atoms with Gasteiger partial charge in [-0.05, 0) is 0 Å². The Balaban J connectivity index is 2.41. The highest BCUT2D eigenvalue weighted by molar-refractivity contribution is 8.00. The van der Waals surface area contributed by atoms with E-state index in [1.54, 1.807) is 11.8 Å². The van der Waals surface area contributed by atoms with Gasteiger partial charge in [0.2, 0.25) is 0 Å². The van der Waals surface area contributed by atoms with Crippen molar-refractivity contribution in [3.63, 3.8) is 0 Å². The molecule has 1 aliphatic rings. The second-order valence-electron chi connectivity index (χ2n) is 1.22. The molecule has 3 nitrogen and oxygen atoms in total. The molecule has 0 saturated carbocycles. The predicted octanol–water partition coefficient (Wildman–Crippen LogP) is 0.0680. The summed E-state index contributed by atoms with van der Waals surface area (Å²) >= 11 is 1.70. The minimum Gasteiger partial charge on any atom is -0.409 e. The van der Waals surface area contributed by atoms with Crippen molar-refractivity contribution in [3.8, 4) is 0 Å². The van der Waals surface area contributed by atoms with Gasteiger partial charge in [0.1, 0.15) is 0 Å². The van der Waals surface area contributed by atoms with E-state index >= 15 is 0 Å². The highest BCUT2D eigenvalue weighted by Crippen LogP contribution is 2.03. The minimum absolute atomic E-state index is 0.685. The second kappa shape index (κ2) is 2.07. The monoisotopic (exact) mass is 118 g/mol. The number of hydrogen-bond acceptors (Lipinski definition) is 3. The molecule has 0 aromatic heterocycles. The summed E-state index contributed by atoms with van der Waals surface area (Å²) in [5.74, 6) is 2.38. The number of amidine groups is 1. The first kappa shape index (κ1) is 4.77. The molecular weight excluding hydrogens is 112 g/mol. The van der Waals surface area contributed by atoms with Crippen LogP contribution >= 0.6 is 11.8 Å². The summed E-state index contributed by atoms with van der Waals surface area (Å²) in [6, 6.07) is 0. The molecule has 0 bridgehead atoms. The van der Waals surface area contributed by atoms with Gasteiger partial charge in [0.05, 0.1) is 11.6 Å². The van der Waals surface area contributed by atoms with Crippen molar-refractivity contribution in [1.29, 1.82) is 0 Å². The summed E-state index contributed by atoms with van der Waals surface area (Å²) < 4.78 is 0. The molecule has 1 heterocycles. The third-order valence-corrected chi connectivity index (χ3v) is 1.56. The van der Waals surface area contributed by atoms with Crippen molar-refractivity contribution < 1.29 is 5.21 Å². The molecule has 1 rings (SSSR count). The van der Waals surface area contributed by atoms with Crippen LogP contribution in [0.3, 0.4) is 0 Å². The molecule has 1 aliphatic heterocycles. The lowest BCUT2D eigenvalue weighted by molar-refractivity contribution is 0.317. The Kier molecular flexibility index (Phi) is 1.41. The van der Waals surface area contributed by atoms with E-state index in [9.17, 15) is 0 Å². The van der Waals surface area contributed by atoms with Crippen LogP contribution in [-0.4, -0.2) is 22.7 Å². The van der Waals surface area contributed by atoms with Gasteiger partial charge in [0, 0.05) is 0 Å². The van der Waals surface area contributed by atoms with E-state index in [2.05, 4.69) is 10.5 Å². The van der Waals surface area contributed by atoms with Crippen molar-refractivity contribution in [3.05, 3.63) is 0 Å². The van der Waals surface area contributed by atoms with Crippen LogP contribution in [0.15, 0.2) is 5.16 Å². The molecule has 7 heavy (non-hydrogen) atoms. The van der Waals surface area contributed by atoms with Crippen LogP contribution in [0.1, 0.15) is 0 Å². The SMILES string of the molecule is ON=C1CSCN1. The zero-order valence-electron chi connectivity index (χ0n) is 3.72. The topological polar surface area (TPSA) is 44.6 Å². The average Bonchev–Trinajstić information content (AvgIpc) is 2.14. The number of rotatable bonds is 0. The van der Waals surface area contributed by atoms with Gasteiger partial charge >= 0.3 is 0 Å². The fourth-order valence-electron chi connectivity index (χ4n) is 0.397. The predicted molar refractivity (Wildman–Crippen MR) is 29.7 cm³/mol. The third-order valence-electron chi connectivity index (χ3n) is 0.738. The Morgan fingerprint density at radius 3 is 3.00 bits per heavy atom. The maximum atomic E-state index is 8.08. The summed E-state index contributed by atoms with van der Waals surface area (Å²) in [6.45, 7) is 0. The van der Waals surface area contributed by atoms with Gasteiger partial charge in [-0.3, -0.25) is 0 Å². The molecule has 4 heteroatoms. The van der Waals surface area contributed by atoms with Crippen molar-refractivity contribution in [2.75, 3.05) is 11.6 Å². The number of oxime groups is 1. The summed E-state index contributed by atoms with van der Waals surface area (Å²) in [4.78, 5) is 0. The fourth-order valence-corrected chi connectivity index (χ4v) is 1.12. The highest BCUT2D eigenvalue weighted by atomic mass is 32.2. The number of hydrogen-bond donors (Lipinski definition) is 2. The molecule has 0 atom stereocenters. The molecule has 2 N–H and O–H groups in total. The van der Waals surface area contributed by atoms with E-state index in [-0.39, 0.29) is 0 Å². The molecule has 0 radical (unpaired) electrons. The van der Waals surface area contributed by atoms with Crippen LogP contribution in [0.25, 0.3) is 0 Å². The zero-order valence-corrected chi connectivity index (χ0v) is 4.53. The lowest BCUT2D eigenvalue weighted by Gasteiger charge is -1.86. The van der Waals surface area contributed by atoms with Gasteiger partial charge < -0.3 is 10.5 Å². The zero-order chi connectivity index (χ0) is 5.11. The number of nitrogens with one attached hydrogen (secondary N) is 1. The molecule has 0 aromatic rings. The molecular formula is C3H6N2OS. The van der Waals surface area contributed by atoms with Crippen LogP contribution in [0.2, 0.25) is 0 Å². The van der Waals surface area contributed by atoms with Crippen LogP contribution in [-0.2, 0) is 0 Å². The summed E-state index contributed by atoms with van der Waals surface area (Å²) in [6.07, 6.45) is 0. The van der Waals surface area contributed by atoms with Gasteiger partial charge in [-0.1, -0.05) is 5.16 Å². The summed E-state index contributed by atoms with van der Waals surface area (Å²) in [7, 11) is 0. The van der Waals surface area contributed by atoms with E-state index in [0.29, 0.717) is 5.84 Å². The Bertz CT molecular complexity index is 84.9. The van der Waals surface area contributed by atoms with E-state index in [0.717, 1.165) is 11.6 Å². The molecule has 0 spiro atoms.